The van der Waals surface area contributed by atoms with E-state index in [9.17, 15) is 0 Å². The monoisotopic (exact) mass is 159 g/mol. The van der Waals surface area contributed by atoms with Crippen molar-refractivity contribution in [3.63, 3.8) is 0 Å². The lowest BCUT2D eigenvalue weighted by Crippen LogP contribution is -2.20. The molecule has 3 nitrogen and oxygen atoms in total. The molecule has 1 saturated heterocycles. The van der Waals surface area contributed by atoms with E-state index in [0.29, 0.717) is 6.61 Å². The highest BCUT2D eigenvalue weighted by molar-refractivity contribution is 4.65. The smallest absolute Gasteiger partial charge is 0.0820 e. The molecule has 0 spiro atoms. The van der Waals surface area contributed by atoms with Crippen LogP contribution in [0.5, 0.6) is 0 Å². The predicted octanol–water partition coefficient (Wildman–Crippen LogP) is 1.35. The molecule has 0 aromatic heterocycles. The quantitative estimate of drug-likeness (QED) is 0.373. The first kappa shape index (κ1) is 8.97. The first-order valence-electron chi connectivity index (χ1n) is 4.42. The van der Waals surface area contributed by atoms with Crippen LogP contribution in [0.25, 0.3) is 0 Å². The van der Waals surface area contributed by atoms with Gasteiger partial charge in [0.15, 0.2) is 0 Å². The topological polar surface area (TPSA) is 32.7 Å². The van der Waals surface area contributed by atoms with E-state index < -0.39 is 0 Å². The zero-order valence-corrected chi connectivity index (χ0v) is 6.96. The minimum Gasteiger partial charge on any atom is -0.303 e. The summed E-state index contributed by atoms with van der Waals surface area (Å²) in [7, 11) is 0. The molecule has 1 aliphatic rings. The summed E-state index contributed by atoms with van der Waals surface area (Å²) >= 11 is 0. The van der Waals surface area contributed by atoms with E-state index in [4.69, 9.17) is 5.26 Å². The highest BCUT2D eigenvalue weighted by Gasteiger charge is 2.09. The highest BCUT2D eigenvalue weighted by Crippen LogP contribution is 2.07. The summed E-state index contributed by atoms with van der Waals surface area (Å²) in [6.07, 6.45) is 4.82. The van der Waals surface area contributed by atoms with E-state index in [1.54, 1.807) is 0 Å². The fraction of sp³-hybridized carbons (Fsp3) is 1.00. The number of hydrogen-bond acceptors (Lipinski definition) is 3. The molecule has 0 radical (unpaired) electrons. The van der Waals surface area contributed by atoms with Gasteiger partial charge in [0.25, 0.3) is 0 Å². The van der Waals surface area contributed by atoms with Gasteiger partial charge < -0.3 is 4.90 Å². The summed E-state index contributed by atoms with van der Waals surface area (Å²) in [5.74, 6) is 0. The zero-order valence-electron chi connectivity index (χ0n) is 6.96. The van der Waals surface area contributed by atoms with Crippen LogP contribution in [0, 0.1) is 0 Å². The highest BCUT2D eigenvalue weighted by atomic mass is 17.1. The van der Waals surface area contributed by atoms with E-state index in [2.05, 4.69) is 9.79 Å². The third-order valence-electron chi connectivity index (χ3n) is 2.16. The molecule has 1 aliphatic heterocycles. The Bertz CT molecular complexity index is 92.1. The summed E-state index contributed by atoms with van der Waals surface area (Å²) in [5, 5.41) is 8.04. The summed E-state index contributed by atoms with van der Waals surface area (Å²) in [4.78, 5) is 6.46. The lowest BCUT2D eigenvalue weighted by Gasteiger charge is -2.13. The minimum absolute atomic E-state index is 0.480. The molecule has 1 fully saturated rings. The number of hydrogen-bond donors (Lipinski definition) is 1. The lowest BCUT2D eigenvalue weighted by atomic mass is 10.3. The maximum atomic E-state index is 8.04. The van der Waals surface area contributed by atoms with Crippen LogP contribution in [-0.4, -0.2) is 36.4 Å². The maximum Gasteiger partial charge on any atom is 0.0820 e. The molecular weight excluding hydrogens is 142 g/mol. The van der Waals surface area contributed by atoms with Gasteiger partial charge in [0, 0.05) is 0 Å². The number of unbranched alkanes of at least 4 members (excludes halogenated alkanes) is 1. The van der Waals surface area contributed by atoms with Crippen LogP contribution in [0.2, 0.25) is 0 Å². The van der Waals surface area contributed by atoms with Crippen LogP contribution in [-0.2, 0) is 4.89 Å². The van der Waals surface area contributed by atoms with Gasteiger partial charge in [-0.05, 0) is 45.3 Å². The Balaban J connectivity index is 1.86. The Labute approximate surface area is 67.9 Å². The lowest BCUT2D eigenvalue weighted by molar-refractivity contribution is -0.242. The molecule has 0 bridgehead atoms. The summed E-state index contributed by atoms with van der Waals surface area (Å²) in [6.45, 7) is 4.18. The molecule has 0 atom stereocenters. The summed E-state index contributed by atoms with van der Waals surface area (Å²) in [6, 6.07) is 0. The average molecular weight is 159 g/mol. The van der Waals surface area contributed by atoms with Gasteiger partial charge in [-0.3, -0.25) is 5.26 Å². The number of rotatable bonds is 5. The van der Waals surface area contributed by atoms with Gasteiger partial charge in [0.1, 0.15) is 0 Å². The minimum atomic E-state index is 0.480. The first-order valence-corrected chi connectivity index (χ1v) is 4.42. The van der Waals surface area contributed by atoms with E-state index in [0.717, 1.165) is 12.8 Å². The van der Waals surface area contributed by atoms with Crippen LogP contribution in [0.4, 0.5) is 0 Å². The van der Waals surface area contributed by atoms with Crippen molar-refractivity contribution in [2.75, 3.05) is 26.2 Å². The molecule has 0 unspecified atom stereocenters. The maximum absolute atomic E-state index is 8.04. The first-order chi connectivity index (χ1) is 5.43. The van der Waals surface area contributed by atoms with Crippen molar-refractivity contribution >= 4 is 0 Å². The SMILES string of the molecule is OOCCCCN1CCCC1. The summed E-state index contributed by atoms with van der Waals surface area (Å²) in [5.41, 5.74) is 0. The van der Waals surface area contributed by atoms with Crippen molar-refractivity contribution in [2.24, 2.45) is 0 Å². The molecule has 0 amide bonds. The molecule has 11 heavy (non-hydrogen) atoms. The molecule has 0 aliphatic carbocycles. The molecule has 1 rings (SSSR count). The number of nitrogens with zero attached hydrogens (tertiary/aromatic N) is 1. The van der Waals surface area contributed by atoms with Crippen LogP contribution < -0.4 is 0 Å². The van der Waals surface area contributed by atoms with E-state index >= 15 is 0 Å². The van der Waals surface area contributed by atoms with Crippen LogP contribution >= 0.6 is 0 Å². The Morgan fingerprint density at radius 3 is 2.55 bits per heavy atom. The molecule has 0 aromatic carbocycles. The van der Waals surface area contributed by atoms with E-state index in [1.165, 1.54) is 32.5 Å². The van der Waals surface area contributed by atoms with Crippen molar-refractivity contribution in [2.45, 2.75) is 25.7 Å². The molecule has 66 valence electrons. The van der Waals surface area contributed by atoms with Crippen LogP contribution in [0.3, 0.4) is 0 Å². The molecule has 0 saturated carbocycles. The normalized spacial score (nSPS) is 19.4. The van der Waals surface area contributed by atoms with E-state index in [-0.39, 0.29) is 0 Å². The van der Waals surface area contributed by atoms with Gasteiger partial charge in [-0.2, -0.15) is 0 Å². The Morgan fingerprint density at radius 1 is 1.18 bits per heavy atom. The Hall–Kier alpha value is -0.120. The van der Waals surface area contributed by atoms with Crippen molar-refractivity contribution in [3.05, 3.63) is 0 Å². The summed E-state index contributed by atoms with van der Waals surface area (Å²) < 4.78 is 0. The molecule has 3 heteroatoms. The third kappa shape index (κ3) is 3.70. The second kappa shape index (κ2) is 5.52. The molecular formula is C8H17NO2. The Morgan fingerprint density at radius 2 is 1.91 bits per heavy atom. The predicted molar refractivity (Wildman–Crippen MR) is 43.5 cm³/mol. The average Bonchev–Trinajstić information content (AvgIpc) is 2.50. The number of likely N-dealkylation sites (tertiary alicyclic amines) is 1. The zero-order chi connectivity index (χ0) is 7.94. The molecule has 0 aromatic rings. The van der Waals surface area contributed by atoms with Gasteiger partial charge in [0.2, 0.25) is 0 Å². The standard InChI is InChI=1S/C8H17NO2/c10-11-8-4-3-7-9-5-1-2-6-9/h10H,1-8H2. The van der Waals surface area contributed by atoms with Crippen molar-refractivity contribution < 1.29 is 10.1 Å². The Kier molecular flexibility index (Phi) is 4.50. The van der Waals surface area contributed by atoms with Gasteiger partial charge >= 0.3 is 0 Å². The van der Waals surface area contributed by atoms with E-state index in [1.807, 2.05) is 0 Å². The van der Waals surface area contributed by atoms with Crippen LogP contribution in [0.1, 0.15) is 25.7 Å². The van der Waals surface area contributed by atoms with Gasteiger partial charge in [-0.15, -0.1) is 0 Å². The van der Waals surface area contributed by atoms with Gasteiger partial charge in [0.05, 0.1) is 6.61 Å². The second-order valence-corrected chi connectivity index (χ2v) is 3.09. The van der Waals surface area contributed by atoms with Crippen LogP contribution in [0.15, 0.2) is 0 Å². The second-order valence-electron chi connectivity index (χ2n) is 3.09. The largest absolute Gasteiger partial charge is 0.303 e. The third-order valence-corrected chi connectivity index (χ3v) is 2.16. The fourth-order valence-electron chi connectivity index (χ4n) is 1.51. The molecule has 1 heterocycles. The fourth-order valence-corrected chi connectivity index (χ4v) is 1.51. The van der Waals surface area contributed by atoms with Gasteiger partial charge in [-0.1, -0.05) is 0 Å². The van der Waals surface area contributed by atoms with Crippen molar-refractivity contribution in [3.8, 4) is 0 Å². The van der Waals surface area contributed by atoms with Gasteiger partial charge in [-0.25, -0.2) is 4.89 Å². The molecule has 1 N–H and O–H groups in total. The van der Waals surface area contributed by atoms with Crippen molar-refractivity contribution in [1.82, 2.24) is 4.90 Å². The van der Waals surface area contributed by atoms with Crippen molar-refractivity contribution in [1.29, 1.82) is 0 Å².